The van der Waals surface area contributed by atoms with Crippen molar-refractivity contribution in [3.05, 3.63) is 47.7 Å². The maximum Gasteiger partial charge on any atom is 0.319 e. The van der Waals surface area contributed by atoms with Gasteiger partial charge in [-0.15, -0.1) is 5.54 Å². The molecule has 4 aromatic rings. The fourth-order valence-electron chi connectivity index (χ4n) is 7.94. The van der Waals surface area contributed by atoms with Crippen molar-refractivity contribution in [1.82, 2.24) is 15.0 Å². The van der Waals surface area contributed by atoms with Gasteiger partial charge in [0.25, 0.3) is 5.92 Å². The van der Waals surface area contributed by atoms with Crippen molar-refractivity contribution < 1.29 is 36.9 Å². The zero-order valence-corrected chi connectivity index (χ0v) is 32.5. The summed E-state index contributed by atoms with van der Waals surface area (Å²) in [6.45, 7) is 12.6. The van der Waals surface area contributed by atoms with Gasteiger partial charge < -0.3 is 24.2 Å². The molecule has 0 amide bonds. The monoisotopic (exact) mass is 752 g/mol. The molecule has 0 unspecified atom stereocenters. The topological polar surface area (TPSA) is 89.8 Å². The Kier molecular flexibility index (Phi) is 11.0. The van der Waals surface area contributed by atoms with Gasteiger partial charge in [0.15, 0.2) is 12.6 Å². The van der Waals surface area contributed by atoms with E-state index in [4.69, 9.17) is 14.2 Å². The van der Waals surface area contributed by atoms with Crippen molar-refractivity contribution in [3.8, 4) is 34.5 Å². The number of alkyl halides is 2. The van der Waals surface area contributed by atoms with Crippen LogP contribution in [0.3, 0.4) is 0 Å². The number of hydrogen-bond donors (Lipinski definition) is 1. The third-order valence-corrected chi connectivity index (χ3v) is 17.3. The molecule has 1 saturated carbocycles. The molecule has 1 saturated heterocycles. The molecule has 0 radical (unpaired) electrons. The highest BCUT2D eigenvalue weighted by Gasteiger charge is 2.44. The number of benzene rings is 2. The van der Waals surface area contributed by atoms with Crippen molar-refractivity contribution in [2.75, 3.05) is 45.1 Å². The molecule has 3 heterocycles. The SMILES string of the molecule is COCOc1cc(-c2ncc3c(N4CCCC(F)(F)C4)nc(OCC4(CO)CC4)nc3c2F)c2c(C#C[Si](C(C)C)(C(C)C)C(C)C)c(F)ccc2c1. The van der Waals surface area contributed by atoms with Crippen LogP contribution in [-0.4, -0.2) is 74.3 Å². The number of methoxy groups -OCH3 is 1. The molecular formula is C40H48F4N4O4Si. The Balaban J connectivity index is 1.60. The number of aromatic nitrogens is 3. The van der Waals surface area contributed by atoms with Crippen molar-refractivity contribution in [3.63, 3.8) is 0 Å². The first-order valence-corrected chi connectivity index (χ1v) is 20.5. The van der Waals surface area contributed by atoms with Gasteiger partial charge in [0.1, 0.15) is 36.7 Å². The molecule has 2 fully saturated rings. The maximum absolute atomic E-state index is 17.2. The van der Waals surface area contributed by atoms with E-state index in [0.717, 1.165) is 12.8 Å². The number of ether oxygens (including phenoxy) is 3. The van der Waals surface area contributed by atoms with E-state index in [1.807, 2.05) is 0 Å². The van der Waals surface area contributed by atoms with Crippen molar-refractivity contribution in [1.29, 1.82) is 0 Å². The zero-order chi connectivity index (χ0) is 38.3. The summed E-state index contributed by atoms with van der Waals surface area (Å²) in [7, 11) is -0.839. The number of hydrogen-bond acceptors (Lipinski definition) is 8. The third kappa shape index (κ3) is 7.55. The van der Waals surface area contributed by atoms with Crippen LogP contribution >= 0.6 is 0 Å². The summed E-state index contributed by atoms with van der Waals surface area (Å²) in [4.78, 5) is 14.9. The largest absolute Gasteiger partial charge is 0.468 e. The molecule has 2 aromatic heterocycles. The van der Waals surface area contributed by atoms with Gasteiger partial charge >= 0.3 is 6.01 Å². The normalized spacial score (nSPS) is 16.8. The zero-order valence-electron chi connectivity index (χ0n) is 31.5. The van der Waals surface area contributed by atoms with E-state index in [-0.39, 0.29) is 78.9 Å². The smallest absolute Gasteiger partial charge is 0.319 e. The van der Waals surface area contributed by atoms with Crippen LogP contribution in [0.15, 0.2) is 30.5 Å². The van der Waals surface area contributed by atoms with Crippen molar-refractivity contribution in [2.24, 2.45) is 5.41 Å². The number of anilines is 1. The lowest BCUT2D eigenvalue weighted by atomic mass is 9.95. The molecule has 2 aliphatic rings. The summed E-state index contributed by atoms with van der Waals surface area (Å²) in [5.74, 6) is -0.726. The highest BCUT2D eigenvalue weighted by Crippen LogP contribution is 2.46. The third-order valence-electron chi connectivity index (χ3n) is 11.0. The van der Waals surface area contributed by atoms with Gasteiger partial charge in [-0.2, -0.15) is 9.97 Å². The van der Waals surface area contributed by atoms with Gasteiger partial charge in [-0.1, -0.05) is 53.5 Å². The van der Waals surface area contributed by atoms with Gasteiger partial charge in [-0.05, 0) is 59.5 Å². The molecule has 6 rings (SSSR count). The minimum atomic E-state index is -2.97. The predicted octanol–water partition coefficient (Wildman–Crippen LogP) is 9.06. The highest BCUT2D eigenvalue weighted by molar-refractivity contribution is 6.90. The standard InChI is InChI=1S/C40H48F4N4O4Si/c1-24(2)53(25(3)4,26(5)6)16-11-29-32(41)10-9-27-17-28(52-23-50-7)18-30(33(27)29)35-34(42)36-31(19-45-35)37(48-15-8-12-40(43,44)20-48)47-38(46-36)51-22-39(21-49)13-14-39/h9-10,17-19,24-26,49H,8,12-15,20-23H2,1-7H3. The Morgan fingerprint density at radius 3 is 2.32 bits per heavy atom. The number of aliphatic hydroxyl groups excluding tert-OH is 1. The van der Waals surface area contributed by atoms with Gasteiger partial charge in [-0.25, -0.2) is 17.6 Å². The minimum Gasteiger partial charge on any atom is -0.468 e. The predicted molar refractivity (Wildman–Crippen MR) is 201 cm³/mol. The van der Waals surface area contributed by atoms with Crippen LogP contribution in [0.2, 0.25) is 16.6 Å². The quantitative estimate of drug-likeness (QED) is 0.0664. The second kappa shape index (κ2) is 15.0. The Labute approximate surface area is 309 Å². The van der Waals surface area contributed by atoms with Gasteiger partial charge in [0.2, 0.25) is 0 Å². The van der Waals surface area contributed by atoms with Crippen LogP contribution in [-0.2, 0) is 4.74 Å². The number of fused-ring (bicyclic) bond motifs is 2. The molecule has 8 nitrogen and oxygen atoms in total. The Bertz CT molecular complexity index is 2040. The lowest BCUT2D eigenvalue weighted by molar-refractivity contribution is -0.0118. The summed E-state index contributed by atoms with van der Waals surface area (Å²) < 4.78 is 79.5. The lowest BCUT2D eigenvalue weighted by Gasteiger charge is -2.38. The average molecular weight is 753 g/mol. The summed E-state index contributed by atoms with van der Waals surface area (Å²) in [5.41, 5.74) is 4.02. The van der Waals surface area contributed by atoms with E-state index in [1.165, 1.54) is 24.3 Å². The van der Waals surface area contributed by atoms with Crippen LogP contribution in [0.5, 0.6) is 11.8 Å². The number of pyridine rings is 1. The van der Waals surface area contributed by atoms with Crippen molar-refractivity contribution in [2.45, 2.75) is 89.8 Å². The van der Waals surface area contributed by atoms with Crippen LogP contribution < -0.4 is 14.4 Å². The summed E-state index contributed by atoms with van der Waals surface area (Å²) >= 11 is 0. The molecule has 1 N–H and O–H groups in total. The van der Waals surface area contributed by atoms with E-state index < -0.39 is 37.6 Å². The first-order valence-electron chi connectivity index (χ1n) is 18.3. The lowest BCUT2D eigenvalue weighted by Crippen LogP contribution is -2.43. The Morgan fingerprint density at radius 2 is 1.70 bits per heavy atom. The average Bonchev–Trinajstić information content (AvgIpc) is 3.90. The second-order valence-corrected chi connectivity index (χ2v) is 21.1. The number of rotatable bonds is 12. The summed E-state index contributed by atoms with van der Waals surface area (Å²) in [6, 6.07) is 6.03. The molecule has 2 aromatic carbocycles. The van der Waals surface area contributed by atoms with E-state index >= 15 is 8.78 Å². The number of aliphatic hydroxyl groups is 1. The molecule has 53 heavy (non-hydrogen) atoms. The van der Waals surface area contributed by atoms with E-state index in [9.17, 15) is 13.9 Å². The first-order chi connectivity index (χ1) is 25.1. The van der Waals surface area contributed by atoms with Crippen LogP contribution in [0.4, 0.5) is 23.4 Å². The molecule has 284 valence electrons. The van der Waals surface area contributed by atoms with Crippen LogP contribution in [0.1, 0.15) is 72.8 Å². The van der Waals surface area contributed by atoms with E-state index in [2.05, 4.69) is 68.0 Å². The van der Waals surface area contributed by atoms with Crippen LogP contribution in [0, 0.1) is 28.5 Å². The number of piperidine rings is 1. The van der Waals surface area contributed by atoms with Crippen molar-refractivity contribution >= 4 is 35.6 Å². The fourth-order valence-corrected chi connectivity index (χ4v) is 13.1. The molecule has 1 aliphatic heterocycles. The molecule has 1 aliphatic carbocycles. The van der Waals surface area contributed by atoms with E-state index in [1.54, 1.807) is 18.2 Å². The Morgan fingerprint density at radius 1 is 0.981 bits per heavy atom. The van der Waals surface area contributed by atoms with Gasteiger partial charge in [0.05, 0.1) is 30.7 Å². The first kappa shape index (κ1) is 38.7. The number of nitrogens with zero attached hydrogens (tertiary/aromatic N) is 4. The molecule has 13 heteroatoms. The minimum absolute atomic E-state index is 0.0770. The van der Waals surface area contributed by atoms with Gasteiger partial charge in [0, 0.05) is 42.6 Å². The van der Waals surface area contributed by atoms with Crippen LogP contribution in [0.25, 0.3) is 32.9 Å². The molecule has 0 spiro atoms. The number of halogens is 4. The summed E-state index contributed by atoms with van der Waals surface area (Å²) in [5, 5.41) is 10.9. The molecule has 0 bridgehead atoms. The maximum atomic E-state index is 17.2. The highest BCUT2D eigenvalue weighted by atomic mass is 28.3. The fraction of sp³-hybridized carbons (Fsp3) is 0.525. The molecular weight excluding hydrogens is 705 g/mol. The second-order valence-electron chi connectivity index (χ2n) is 15.5. The summed E-state index contributed by atoms with van der Waals surface area (Å²) in [6.07, 6.45) is 2.80. The molecule has 0 atom stereocenters. The van der Waals surface area contributed by atoms with Gasteiger partial charge in [-0.3, -0.25) is 4.98 Å². The Hall–Kier alpha value is -3.99. The van der Waals surface area contributed by atoms with E-state index in [0.29, 0.717) is 33.1 Å².